The largest absolute Gasteiger partial charge is 0.399 e. The van der Waals surface area contributed by atoms with E-state index >= 15 is 0 Å². The molecule has 0 aliphatic heterocycles. The Kier molecular flexibility index (Phi) is 3.28. The number of rotatable bonds is 2. The Labute approximate surface area is 106 Å². The fourth-order valence-corrected chi connectivity index (χ4v) is 1.59. The van der Waals surface area contributed by atoms with Gasteiger partial charge in [-0.15, -0.1) is 0 Å². The minimum absolute atomic E-state index is 0.184. The molecule has 4 nitrogen and oxygen atoms in total. The van der Waals surface area contributed by atoms with Crippen LogP contribution in [0.15, 0.2) is 36.5 Å². The van der Waals surface area contributed by atoms with Crippen molar-refractivity contribution >= 4 is 17.4 Å². The predicted molar refractivity (Wildman–Crippen MR) is 72.5 cm³/mol. The van der Waals surface area contributed by atoms with Gasteiger partial charge in [-0.2, -0.15) is 0 Å². The third-order valence-corrected chi connectivity index (χ3v) is 2.79. The van der Waals surface area contributed by atoms with Crippen molar-refractivity contribution in [2.24, 2.45) is 0 Å². The molecule has 92 valence electrons. The summed E-state index contributed by atoms with van der Waals surface area (Å²) in [7, 11) is 0. The second-order valence-electron chi connectivity index (χ2n) is 4.23. The Morgan fingerprint density at radius 3 is 2.61 bits per heavy atom. The highest BCUT2D eigenvalue weighted by molar-refractivity contribution is 6.04. The Balaban J connectivity index is 2.19. The van der Waals surface area contributed by atoms with Gasteiger partial charge in [0.15, 0.2) is 0 Å². The number of amides is 1. The lowest BCUT2D eigenvalue weighted by molar-refractivity contribution is 0.102. The number of anilines is 2. The van der Waals surface area contributed by atoms with Gasteiger partial charge in [-0.25, -0.2) is 4.98 Å². The molecule has 2 aromatic rings. The zero-order chi connectivity index (χ0) is 13.1. The summed E-state index contributed by atoms with van der Waals surface area (Å²) in [4.78, 5) is 16.0. The molecule has 1 amide bonds. The number of benzene rings is 1. The molecule has 0 spiro atoms. The third kappa shape index (κ3) is 2.66. The van der Waals surface area contributed by atoms with Gasteiger partial charge in [0.2, 0.25) is 0 Å². The number of hydrogen-bond acceptors (Lipinski definition) is 3. The summed E-state index contributed by atoms with van der Waals surface area (Å²) in [6, 6.07) is 8.88. The van der Waals surface area contributed by atoms with Gasteiger partial charge in [-0.3, -0.25) is 4.79 Å². The molecular weight excluding hydrogens is 226 g/mol. The third-order valence-electron chi connectivity index (χ3n) is 2.79. The van der Waals surface area contributed by atoms with Gasteiger partial charge in [0, 0.05) is 23.5 Å². The van der Waals surface area contributed by atoms with Gasteiger partial charge in [0.05, 0.1) is 0 Å². The Morgan fingerprint density at radius 2 is 1.94 bits per heavy atom. The first kappa shape index (κ1) is 12.1. The number of carbonyl (C=O) groups is 1. The molecule has 0 atom stereocenters. The van der Waals surface area contributed by atoms with Crippen LogP contribution >= 0.6 is 0 Å². The fourth-order valence-electron chi connectivity index (χ4n) is 1.59. The second kappa shape index (κ2) is 4.87. The summed E-state index contributed by atoms with van der Waals surface area (Å²) in [5.74, 6) is 0.273. The molecule has 0 unspecified atom stereocenters. The lowest BCUT2D eigenvalue weighted by Crippen LogP contribution is -2.13. The smallest absolute Gasteiger partial charge is 0.256 e. The topological polar surface area (TPSA) is 68.0 Å². The number of nitrogens with one attached hydrogen (secondary N) is 1. The van der Waals surface area contributed by atoms with E-state index in [2.05, 4.69) is 10.3 Å². The lowest BCUT2D eigenvalue weighted by Gasteiger charge is -2.07. The van der Waals surface area contributed by atoms with Crippen molar-refractivity contribution in [3.05, 3.63) is 53.2 Å². The van der Waals surface area contributed by atoms with Crippen molar-refractivity contribution in [2.45, 2.75) is 13.8 Å². The number of hydrogen-bond donors (Lipinski definition) is 2. The Bertz CT molecular complexity index is 593. The number of carbonyl (C=O) groups excluding carboxylic acids is 1. The van der Waals surface area contributed by atoms with Crippen molar-refractivity contribution in [3.8, 4) is 0 Å². The molecule has 0 fully saturated rings. The maximum absolute atomic E-state index is 12.0. The van der Waals surface area contributed by atoms with Crippen molar-refractivity contribution in [3.63, 3.8) is 0 Å². The average molecular weight is 241 g/mol. The summed E-state index contributed by atoms with van der Waals surface area (Å²) in [6.07, 6.45) is 1.56. The first-order chi connectivity index (χ1) is 8.56. The summed E-state index contributed by atoms with van der Waals surface area (Å²) in [5.41, 5.74) is 9.06. The summed E-state index contributed by atoms with van der Waals surface area (Å²) >= 11 is 0. The molecule has 3 N–H and O–H groups in total. The second-order valence-corrected chi connectivity index (χ2v) is 4.23. The van der Waals surface area contributed by atoms with Crippen LogP contribution in [0.5, 0.6) is 0 Å². The molecule has 4 heteroatoms. The molecule has 0 aliphatic rings. The maximum Gasteiger partial charge on any atom is 0.256 e. The first-order valence-electron chi connectivity index (χ1n) is 5.66. The molecule has 0 bridgehead atoms. The zero-order valence-electron chi connectivity index (χ0n) is 10.4. The van der Waals surface area contributed by atoms with Crippen LogP contribution in [0, 0.1) is 13.8 Å². The van der Waals surface area contributed by atoms with Crippen LogP contribution in [0.4, 0.5) is 11.5 Å². The van der Waals surface area contributed by atoms with Crippen LogP contribution in [-0.2, 0) is 0 Å². The quantitative estimate of drug-likeness (QED) is 0.849. The SMILES string of the molecule is Cc1ccc(C(=O)Nc2cc(N)ccn2)cc1C. The molecule has 18 heavy (non-hydrogen) atoms. The van der Waals surface area contributed by atoms with E-state index in [-0.39, 0.29) is 5.91 Å². The van der Waals surface area contributed by atoms with E-state index in [0.29, 0.717) is 17.1 Å². The summed E-state index contributed by atoms with van der Waals surface area (Å²) in [5, 5.41) is 2.72. The van der Waals surface area contributed by atoms with E-state index < -0.39 is 0 Å². The maximum atomic E-state index is 12.0. The highest BCUT2D eigenvalue weighted by atomic mass is 16.1. The van der Waals surface area contributed by atoms with Crippen LogP contribution < -0.4 is 11.1 Å². The lowest BCUT2D eigenvalue weighted by atomic mass is 10.1. The van der Waals surface area contributed by atoms with Crippen LogP contribution in [0.2, 0.25) is 0 Å². The first-order valence-corrected chi connectivity index (χ1v) is 5.66. The van der Waals surface area contributed by atoms with Gasteiger partial charge in [-0.1, -0.05) is 6.07 Å². The number of nitrogens with zero attached hydrogens (tertiary/aromatic N) is 1. The summed E-state index contributed by atoms with van der Waals surface area (Å²) in [6.45, 7) is 3.99. The normalized spacial score (nSPS) is 10.1. The van der Waals surface area contributed by atoms with Crippen LogP contribution in [0.25, 0.3) is 0 Å². The molecule has 1 aromatic heterocycles. The van der Waals surface area contributed by atoms with Gasteiger partial charge in [0.1, 0.15) is 5.82 Å². The van der Waals surface area contributed by atoms with Gasteiger partial charge < -0.3 is 11.1 Å². The van der Waals surface area contributed by atoms with E-state index in [0.717, 1.165) is 11.1 Å². The van der Waals surface area contributed by atoms with Crippen LogP contribution in [0.3, 0.4) is 0 Å². The molecule has 0 radical (unpaired) electrons. The number of aryl methyl sites for hydroxylation is 2. The van der Waals surface area contributed by atoms with E-state index in [9.17, 15) is 4.79 Å². The van der Waals surface area contributed by atoms with Gasteiger partial charge in [-0.05, 0) is 43.2 Å². The van der Waals surface area contributed by atoms with Crippen molar-refractivity contribution in [1.29, 1.82) is 0 Å². The molecule has 1 heterocycles. The number of nitrogen functional groups attached to an aromatic ring is 1. The number of nitrogens with two attached hydrogens (primary N) is 1. The summed E-state index contributed by atoms with van der Waals surface area (Å²) < 4.78 is 0. The number of pyridine rings is 1. The highest BCUT2D eigenvalue weighted by Crippen LogP contribution is 2.13. The monoisotopic (exact) mass is 241 g/mol. The zero-order valence-corrected chi connectivity index (χ0v) is 10.4. The van der Waals surface area contributed by atoms with E-state index in [1.807, 2.05) is 26.0 Å². The molecule has 1 aromatic carbocycles. The van der Waals surface area contributed by atoms with E-state index in [1.165, 1.54) is 0 Å². The van der Waals surface area contributed by atoms with Crippen LogP contribution in [0.1, 0.15) is 21.5 Å². The van der Waals surface area contributed by atoms with Gasteiger partial charge in [0.25, 0.3) is 5.91 Å². The van der Waals surface area contributed by atoms with Crippen molar-refractivity contribution < 1.29 is 4.79 Å². The average Bonchev–Trinajstić information content (AvgIpc) is 2.32. The Morgan fingerprint density at radius 1 is 1.17 bits per heavy atom. The standard InChI is InChI=1S/C14H15N3O/c1-9-3-4-11(7-10(9)2)14(18)17-13-8-12(15)5-6-16-13/h3-8H,1-2H3,(H3,15,16,17,18). The van der Waals surface area contributed by atoms with Crippen LogP contribution in [-0.4, -0.2) is 10.9 Å². The predicted octanol–water partition coefficient (Wildman–Crippen LogP) is 2.53. The van der Waals surface area contributed by atoms with Crippen molar-refractivity contribution in [1.82, 2.24) is 4.98 Å². The minimum Gasteiger partial charge on any atom is -0.399 e. The fraction of sp³-hybridized carbons (Fsp3) is 0.143. The molecule has 0 saturated carbocycles. The molecule has 2 rings (SSSR count). The molecular formula is C14H15N3O. The number of aromatic nitrogens is 1. The molecule has 0 saturated heterocycles. The van der Waals surface area contributed by atoms with Crippen molar-refractivity contribution in [2.75, 3.05) is 11.1 Å². The van der Waals surface area contributed by atoms with E-state index in [1.54, 1.807) is 24.4 Å². The minimum atomic E-state index is -0.184. The Hall–Kier alpha value is -2.36. The van der Waals surface area contributed by atoms with Gasteiger partial charge >= 0.3 is 0 Å². The molecule has 0 aliphatic carbocycles. The van der Waals surface area contributed by atoms with E-state index in [4.69, 9.17) is 5.73 Å². The highest BCUT2D eigenvalue weighted by Gasteiger charge is 2.07.